The zero-order chi connectivity index (χ0) is 21.0. The van der Waals surface area contributed by atoms with Crippen LogP contribution in [-0.2, 0) is 21.2 Å². The molecule has 1 saturated carbocycles. The van der Waals surface area contributed by atoms with E-state index in [4.69, 9.17) is 0 Å². The number of fused-ring (bicyclic) bond motifs is 2. The standard InChI is InChI=1S/C20H15F4N3O2/c1-11(21)17(28)26-13-9-19(10-13)16-15(3-2-8-25-16)27(18(19)29)14-6-4-12(5-7-14)20(22,23)24/h2-8,13H,1,9-10H2,(H,26,28). The average molecular weight is 405 g/mol. The van der Waals surface area contributed by atoms with Gasteiger partial charge in [0.15, 0.2) is 5.83 Å². The van der Waals surface area contributed by atoms with Crippen LogP contribution in [0.4, 0.5) is 28.9 Å². The Morgan fingerprint density at radius 3 is 2.45 bits per heavy atom. The minimum Gasteiger partial charge on any atom is -0.347 e. The molecular formula is C20H15F4N3O2. The normalized spacial score (nSPS) is 23.0. The summed E-state index contributed by atoms with van der Waals surface area (Å²) in [6, 6.07) is 7.18. The minimum atomic E-state index is -4.48. The lowest BCUT2D eigenvalue weighted by Crippen LogP contribution is -2.57. The van der Waals surface area contributed by atoms with Crippen molar-refractivity contribution >= 4 is 23.2 Å². The Hall–Kier alpha value is -3.23. The maximum absolute atomic E-state index is 13.3. The number of anilines is 2. The monoisotopic (exact) mass is 405 g/mol. The maximum Gasteiger partial charge on any atom is 0.416 e. The summed E-state index contributed by atoms with van der Waals surface area (Å²) in [5.74, 6) is -2.39. The largest absolute Gasteiger partial charge is 0.416 e. The molecule has 0 unspecified atom stereocenters. The Bertz CT molecular complexity index is 1010. The van der Waals surface area contributed by atoms with Crippen molar-refractivity contribution in [2.24, 2.45) is 0 Å². The molecule has 2 aromatic rings. The Kier molecular flexibility index (Phi) is 4.21. The van der Waals surface area contributed by atoms with Gasteiger partial charge in [-0.25, -0.2) is 4.39 Å². The first-order valence-electron chi connectivity index (χ1n) is 8.76. The SMILES string of the molecule is C=C(F)C(=O)NC1CC2(C1)C(=O)N(c1ccc(C(F)(F)F)cc1)c1cccnc12. The molecule has 4 rings (SSSR count). The van der Waals surface area contributed by atoms with Gasteiger partial charge in [0.05, 0.1) is 22.4 Å². The fraction of sp³-hybridized carbons (Fsp3) is 0.250. The zero-order valence-corrected chi connectivity index (χ0v) is 15.0. The number of nitrogens with zero attached hydrogens (tertiary/aromatic N) is 2. The number of hydrogen-bond donors (Lipinski definition) is 1. The van der Waals surface area contributed by atoms with Gasteiger partial charge in [-0.3, -0.25) is 19.5 Å². The van der Waals surface area contributed by atoms with Crippen molar-refractivity contribution in [2.75, 3.05) is 4.90 Å². The first kappa shape index (κ1) is 19.1. The Balaban J connectivity index is 1.65. The Morgan fingerprint density at radius 1 is 1.21 bits per heavy atom. The lowest BCUT2D eigenvalue weighted by atomic mass is 9.63. The fourth-order valence-electron chi connectivity index (χ4n) is 3.94. The second-order valence-corrected chi connectivity index (χ2v) is 7.12. The summed E-state index contributed by atoms with van der Waals surface area (Å²) in [5, 5.41) is 2.46. The minimum absolute atomic E-state index is 0.214. The van der Waals surface area contributed by atoms with E-state index in [2.05, 4.69) is 16.9 Å². The van der Waals surface area contributed by atoms with E-state index in [1.807, 2.05) is 0 Å². The van der Waals surface area contributed by atoms with Crippen molar-refractivity contribution in [2.45, 2.75) is 30.5 Å². The van der Waals surface area contributed by atoms with Crippen molar-refractivity contribution in [3.8, 4) is 0 Å². The molecule has 0 radical (unpaired) electrons. The number of hydrogen-bond acceptors (Lipinski definition) is 3. The number of pyridine rings is 1. The lowest BCUT2D eigenvalue weighted by Gasteiger charge is -2.43. The van der Waals surface area contributed by atoms with Crippen molar-refractivity contribution in [1.82, 2.24) is 10.3 Å². The van der Waals surface area contributed by atoms with Crippen molar-refractivity contribution in [3.05, 3.63) is 66.3 Å². The number of aromatic nitrogens is 1. The molecule has 1 fully saturated rings. The van der Waals surface area contributed by atoms with Crippen LogP contribution in [0, 0.1) is 0 Å². The molecule has 29 heavy (non-hydrogen) atoms. The molecule has 1 spiro atoms. The summed E-state index contributed by atoms with van der Waals surface area (Å²) < 4.78 is 51.5. The highest BCUT2D eigenvalue weighted by Gasteiger charge is 2.60. The third-order valence-electron chi connectivity index (χ3n) is 5.32. The van der Waals surface area contributed by atoms with Gasteiger partial charge >= 0.3 is 6.18 Å². The number of rotatable bonds is 3. The number of nitrogens with one attached hydrogen (secondary N) is 1. The van der Waals surface area contributed by atoms with E-state index in [-0.39, 0.29) is 18.7 Å². The summed E-state index contributed by atoms with van der Waals surface area (Å²) in [4.78, 5) is 30.4. The number of alkyl halides is 3. The highest BCUT2D eigenvalue weighted by molar-refractivity contribution is 6.13. The molecule has 1 aromatic heterocycles. The molecule has 5 nitrogen and oxygen atoms in total. The van der Waals surface area contributed by atoms with Gasteiger partial charge in [0.2, 0.25) is 5.91 Å². The molecule has 1 N–H and O–H groups in total. The number of carbonyl (C=O) groups is 2. The van der Waals surface area contributed by atoms with Crippen LogP contribution >= 0.6 is 0 Å². The summed E-state index contributed by atoms with van der Waals surface area (Å²) >= 11 is 0. The van der Waals surface area contributed by atoms with E-state index in [0.717, 1.165) is 12.1 Å². The van der Waals surface area contributed by atoms with Gasteiger partial charge in [-0.1, -0.05) is 6.58 Å². The molecular weight excluding hydrogens is 390 g/mol. The van der Waals surface area contributed by atoms with Gasteiger partial charge in [-0.15, -0.1) is 0 Å². The van der Waals surface area contributed by atoms with Crippen LogP contribution in [0.1, 0.15) is 24.1 Å². The van der Waals surface area contributed by atoms with E-state index >= 15 is 0 Å². The molecule has 2 amide bonds. The second kappa shape index (κ2) is 6.40. The summed E-state index contributed by atoms with van der Waals surface area (Å²) in [5.41, 5.74) is -0.549. The zero-order valence-electron chi connectivity index (χ0n) is 15.0. The molecule has 1 aliphatic heterocycles. The third kappa shape index (κ3) is 2.97. The average Bonchev–Trinajstić information content (AvgIpc) is 2.89. The second-order valence-electron chi connectivity index (χ2n) is 7.12. The van der Waals surface area contributed by atoms with Crippen LogP contribution in [0.25, 0.3) is 0 Å². The predicted molar refractivity (Wildman–Crippen MR) is 95.9 cm³/mol. The molecule has 0 atom stereocenters. The Morgan fingerprint density at radius 2 is 1.86 bits per heavy atom. The first-order valence-corrected chi connectivity index (χ1v) is 8.76. The summed E-state index contributed by atoms with van der Waals surface area (Å²) in [6.07, 6.45) is -2.52. The number of carbonyl (C=O) groups excluding carboxylic acids is 2. The van der Waals surface area contributed by atoms with Crippen molar-refractivity contribution < 1.29 is 27.2 Å². The van der Waals surface area contributed by atoms with Crippen molar-refractivity contribution in [3.63, 3.8) is 0 Å². The summed E-state index contributed by atoms with van der Waals surface area (Å²) in [6.45, 7) is 2.94. The van der Waals surface area contributed by atoms with Gasteiger partial charge in [0.25, 0.3) is 5.91 Å². The molecule has 0 saturated heterocycles. The van der Waals surface area contributed by atoms with E-state index in [0.29, 0.717) is 17.1 Å². The molecule has 2 aliphatic rings. The van der Waals surface area contributed by atoms with E-state index in [1.165, 1.54) is 23.2 Å². The molecule has 1 aromatic carbocycles. The van der Waals surface area contributed by atoms with Crippen LogP contribution in [0.5, 0.6) is 0 Å². The van der Waals surface area contributed by atoms with Gasteiger partial charge in [0.1, 0.15) is 0 Å². The Labute approximate surface area is 163 Å². The molecule has 9 heteroatoms. The van der Waals surface area contributed by atoms with Gasteiger partial charge in [0, 0.05) is 17.9 Å². The summed E-state index contributed by atoms with van der Waals surface area (Å²) in [7, 11) is 0. The topological polar surface area (TPSA) is 62.3 Å². The highest BCUT2D eigenvalue weighted by atomic mass is 19.4. The molecule has 0 bridgehead atoms. The van der Waals surface area contributed by atoms with E-state index in [9.17, 15) is 27.2 Å². The third-order valence-corrected chi connectivity index (χ3v) is 5.32. The van der Waals surface area contributed by atoms with Gasteiger partial charge in [-0.2, -0.15) is 13.2 Å². The van der Waals surface area contributed by atoms with E-state index < -0.39 is 34.9 Å². The highest BCUT2D eigenvalue weighted by Crippen LogP contribution is 2.54. The lowest BCUT2D eigenvalue weighted by molar-refractivity contribution is -0.137. The van der Waals surface area contributed by atoms with Crippen LogP contribution in [0.2, 0.25) is 0 Å². The number of halogens is 4. The molecule has 1 aliphatic carbocycles. The van der Waals surface area contributed by atoms with Crippen molar-refractivity contribution in [1.29, 1.82) is 0 Å². The van der Waals surface area contributed by atoms with Crippen LogP contribution in [0.3, 0.4) is 0 Å². The van der Waals surface area contributed by atoms with Gasteiger partial charge < -0.3 is 5.32 Å². The van der Waals surface area contributed by atoms with Gasteiger partial charge in [-0.05, 0) is 49.2 Å². The number of benzene rings is 1. The van der Waals surface area contributed by atoms with E-state index in [1.54, 1.807) is 12.1 Å². The smallest absolute Gasteiger partial charge is 0.347 e. The number of amides is 2. The molecule has 150 valence electrons. The maximum atomic E-state index is 13.3. The predicted octanol–water partition coefficient (Wildman–Crippen LogP) is 3.78. The van der Waals surface area contributed by atoms with Crippen LogP contribution in [-0.4, -0.2) is 22.8 Å². The molecule has 2 heterocycles. The first-order chi connectivity index (χ1) is 13.6. The van der Waals surface area contributed by atoms with Crippen LogP contribution in [0.15, 0.2) is 55.0 Å². The quantitative estimate of drug-likeness (QED) is 0.625. The van der Waals surface area contributed by atoms with Crippen LogP contribution < -0.4 is 10.2 Å². The fourth-order valence-corrected chi connectivity index (χ4v) is 3.94.